The molecule has 1 N–H and O–H groups in total. The lowest BCUT2D eigenvalue weighted by atomic mass is 9.87. The van der Waals surface area contributed by atoms with Crippen LogP contribution in [-0.4, -0.2) is 29.8 Å². The molecule has 1 atom stereocenters. The number of amides is 1. The molecular weight excluding hydrogens is 328 g/mol. The molecule has 0 fully saturated rings. The molecule has 0 aliphatic carbocycles. The fourth-order valence-corrected chi connectivity index (χ4v) is 3.21. The Morgan fingerprint density at radius 2 is 2.15 bits per heavy atom. The van der Waals surface area contributed by atoms with Crippen molar-refractivity contribution in [3.05, 3.63) is 53.3 Å². The van der Waals surface area contributed by atoms with E-state index in [-0.39, 0.29) is 5.92 Å². The Labute approximate surface area is 154 Å². The van der Waals surface area contributed by atoms with Gasteiger partial charge in [0.25, 0.3) is 0 Å². The maximum atomic E-state index is 12.0. The van der Waals surface area contributed by atoms with Gasteiger partial charge in [-0.05, 0) is 62.1 Å². The average Bonchev–Trinajstić information content (AvgIpc) is 2.58. The minimum atomic E-state index is -0.503. The number of nitrogens with one attached hydrogen (secondary N) is 1. The van der Waals surface area contributed by atoms with E-state index in [4.69, 9.17) is 9.47 Å². The first-order chi connectivity index (χ1) is 12.3. The Bertz CT molecular complexity index is 796. The minimum Gasteiger partial charge on any atom is -0.444 e. The van der Waals surface area contributed by atoms with E-state index in [0.29, 0.717) is 19.8 Å². The van der Waals surface area contributed by atoms with Crippen molar-refractivity contribution < 1.29 is 14.3 Å². The molecule has 5 nitrogen and oxygen atoms in total. The molecule has 2 heterocycles. The Kier molecular flexibility index (Phi) is 5.28. The summed E-state index contributed by atoms with van der Waals surface area (Å²) in [6.45, 7) is 9.21. The van der Waals surface area contributed by atoms with Gasteiger partial charge in [-0.25, -0.2) is 4.79 Å². The van der Waals surface area contributed by atoms with Crippen molar-refractivity contribution in [1.29, 1.82) is 0 Å². The highest BCUT2D eigenvalue weighted by Crippen LogP contribution is 2.34. The monoisotopic (exact) mass is 354 g/mol. The fourth-order valence-electron chi connectivity index (χ4n) is 3.21. The van der Waals surface area contributed by atoms with Crippen LogP contribution in [-0.2, 0) is 16.1 Å². The summed E-state index contributed by atoms with van der Waals surface area (Å²) in [7, 11) is 0. The average molecular weight is 354 g/mol. The van der Waals surface area contributed by atoms with Gasteiger partial charge >= 0.3 is 6.09 Å². The van der Waals surface area contributed by atoms with Crippen LogP contribution < -0.4 is 5.32 Å². The number of rotatable bonds is 3. The molecular formula is C21H26N2O3. The van der Waals surface area contributed by atoms with Crippen LogP contribution >= 0.6 is 0 Å². The highest BCUT2D eigenvalue weighted by Gasteiger charge is 2.25. The van der Waals surface area contributed by atoms with Crippen molar-refractivity contribution in [3.63, 3.8) is 0 Å². The summed E-state index contributed by atoms with van der Waals surface area (Å²) >= 11 is 0. The van der Waals surface area contributed by atoms with E-state index < -0.39 is 11.7 Å². The van der Waals surface area contributed by atoms with Crippen molar-refractivity contribution in [2.75, 3.05) is 13.2 Å². The van der Waals surface area contributed by atoms with Crippen LogP contribution in [0.5, 0.6) is 0 Å². The first kappa shape index (κ1) is 18.4. The predicted octanol–water partition coefficient (Wildman–Crippen LogP) is 4.20. The number of fused-ring (bicyclic) bond motifs is 1. The standard InChI is InChI=1S/C21H26N2O3/c1-14-10-15(8-9-22-14)17-6-5-7-18-16(12-25-13-19(17)18)11-23-20(24)26-21(2,3)4/h5-10,16H,11-13H2,1-4H3,(H,23,24). The molecule has 138 valence electrons. The number of carbonyl (C=O) groups excluding carboxylic acids is 1. The molecule has 1 aromatic carbocycles. The van der Waals surface area contributed by atoms with Gasteiger partial charge in [0.15, 0.2) is 0 Å². The largest absolute Gasteiger partial charge is 0.444 e. The van der Waals surface area contributed by atoms with Crippen molar-refractivity contribution in [2.45, 2.75) is 45.8 Å². The SMILES string of the molecule is Cc1cc(-c2cccc3c2COCC3CNC(=O)OC(C)(C)C)ccn1. The highest BCUT2D eigenvalue weighted by atomic mass is 16.6. The first-order valence-electron chi connectivity index (χ1n) is 8.93. The van der Waals surface area contributed by atoms with Crippen LogP contribution in [0.3, 0.4) is 0 Å². The quantitative estimate of drug-likeness (QED) is 0.897. The van der Waals surface area contributed by atoms with Gasteiger partial charge in [-0.2, -0.15) is 0 Å². The van der Waals surface area contributed by atoms with Gasteiger partial charge in [-0.1, -0.05) is 18.2 Å². The van der Waals surface area contributed by atoms with Crippen LogP contribution in [0.25, 0.3) is 11.1 Å². The van der Waals surface area contributed by atoms with Gasteiger partial charge in [-0.15, -0.1) is 0 Å². The molecule has 0 radical (unpaired) electrons. The zero-order chi connectivity index (χ0) is 18.7. The number of nitrogens with zero attached hydrogens (tertiary/aromatic N) is 1. The van der Waals surface area contributed by atoms with Crippen LogP contribution in [0.4, 0.5) is 4.79 Å². The van der Waals surface area contributed by atoms with E-state index >= 15 is 0 Å². The van der Waals surface area contributed by atoms with Gasteiger partial charge in [0.05, 0.1) is 13.2 Å². The second-order valence-corrected chi connectivity index (χ2v) is 7.65. The second kappa shape index (κ2) is 7.46. The molecule has 1 amide bonds. The zero-order valence-electron chi connectivity index (χ0n) is 15.8. The summed E-state index contributed by atoms with van der Waals surface area (Å²) in [6, 6.07) is 10.4. The second-order valence-electron chi connectivity index (χ2n) is 7.65. The lowest BCUT2D eigenvalue weighted by molar-refractivity contribution is 0.0499. The Balaban J connectivity index is 1.80. The van der Waals surface area contributed by atoms with Gasteiger partial charge < -0.3 is 14.8 Å². The Hall–Kier alpha value is -2.40. The molecule has 1 unspecified atom stereocenters. The third-order valence-corrected chi connectivity index (χ3v) is 4.32. The summed E-state index contributed by atoms with van der Waals surface area (Å²) in [5, 5.41) is 2.87. The molecule has 1 aromatic heterocycles. The van der Waals surface area contributed by atoms with E-state index in [2.05, 4.69) is 34.6 Å². The number of benzene rings is 1. The molecule has 2 aromatic rings. The summed E-state index contributed by atoms with van der Waals surface area (Å²) in [5.74, 6) is 0.106. The minimum absolute atomic E-state index is 0.106. The maximum absolute atomic E-state index is 12.0. The predicted molar refractivity (Wildman–Crippen MR) is 101 cm³/mol. The van der Waals surface area contributed by atoms with Crippen LogP contribution in [0.2, 0.25) is 0 Å². The molecule has 26 heavy (non-hydrogen) atoms. The van der Waals surface area contributed by atoms with Crippen molar-refractivity contribution in [3.8, 4) is 11.1 Å². The maximum Gasteiger partial charge on any atom is 0.407 e. The van der Waals surface area contributed by atoms with Gasteiger partial charge in [-0.3, -0.25) is 4.98 Å². The zero-order valence-corrected chi connectivity index (χ0v) is 15.8. The summed E-state index contributed by atoms with van der Waals surface area (Å²) in [5.41, 5.74) is 5.19. The van der Waals surface area contributed by atoms with Crippen molar-refractivity contribution in [1.82, 2.24) is 10.3 Å². The van der Waals surface area contributed by atoms with Crippen molar-refractivity contribution >= 4 is 6.09 Å². The first-order valence-corrected chi connectivity index (χ1v) is 8.93. The molecule has 3 rings (SSSR count). The Morgan fingerprint density at radius 1 is 1.35 bits per heavy atom. The summed E-state index contributed by atoms with van der Waals surface area (Å²) in [6.07, 6.45) is 1.43. The number of carbonyl (C=O) groups is 1. The van der Waals surface area contributed by atoms with Gasteiger partial charge in [0.1, 0.15) is 5.60 Å². The van der Waals surface area contributed by atoms with Gasteiger partial charge in [0, 0.05) is 24.4 Å². The molecule has 0 saturated heterocycles. The molecule has 1 aliphatic heterocycles. The van der Waals surface area contributed by atoms with Crippen LogP contribution in [0.1, 0.15) is 43.5 Å². The topological polar surface area (TPSA) is 60.5 Å². The third kappa shape index (κ3) is 4.41. The normalized spacial score (nSPS) is 16.7. The van der Waals surface area contributed by atoms with E-state index in [1.807, 2.05) is 40.0 Å². The lowest BCUT2D eigenvalue weighted by Crippen LogP contribution is -2.36. The van der Waals surface area contributed by atoms with E-state index in [9.17, 15) is 4.79 Å². The highest BCUT2D eigenvalue weighted by molar-refractivity contribution is 5.70. The van der Waals surface area contributed by atoms with E-state index in [0.717, 1.165) is 16.8 Å². The molecule has 0 spiro atoms. The van der Waals surface area contributed by atoms with Crippen LogP contribution in [0.15, 0.2) is 36.5 Å². The number of alkyl carbamates (subject to hydrolysis) is 1. The number of aryl methyl sites for hydroxylation is 1. The summed E-state index contributed by atoms with van der Waals surface area (Å²) in [4.78, 5) is 16.2. The van der Waals surface area contributed by atoms with Crippen LogP contribution in [0, 0.1) is 6.92 Å². The summed E-state index contributed by atoms with van der Waals surface area (Å²) < 4.78 is 11.2. The number of pyridine rings is 1. The lowest BCUT2D eigenvalue weighted by Gasteiger charge is -2.28. The number of hydrogen-bond acceptors (Lipinski definition) is 4. The number of hydrogen-bond donors (Lipinski definition) is 1. The van der Waals surface area contributed by atoms with Gasteiger partial charge in [0.2, 0.25) is 0 Å². The third-order valence-electron chi connectivity index (χ3n) is 4.32. The molecule has 5 heteroatoms. The molecule has 1 aliphatic rings. The molecule has 0 saturated carbocycles. The van der Waals surface area contributed by atoms with Crippen molar-refractivity contribution in [2.24, 2.45) is 0 Å². The van der Waals surface area contributed by atoms with E-state index in [1.165, 1.54) is 11.1 Å². The number of ether oxygens (including phenoxy) is 2. The smallest absolute Gasteiger partial charge is 0.407 e. The Morgan fingerprint density at radius 3 is 2.88 bits per heavy atom. The van der Waals surface area contributed by atoms with E-state index in [1.54, 1.807) is 0 Å². The fraction of sp³-hybridized carbons (Fsp3) is 0.429. The molecule has 0 bridgehead atoms. The number of aromatic nitrogens is 1.